The molecule has 1 fully saturated rings. The van der Waals surface area contributed by atoms with Crippen molar-refractivity contribution in [2.45, 2.75) is 44.2 Å². The van der Waals surface area contributed by atoms with Gasteiger partial charge < -0.3 is 9.64 Å². The first-order valence-corrected chi connectivity index (χ1v) is 5.79. The van der Waals surface area contributed by atoms with Crippen molar-refractivity contribution in [2.75, 3.05) is 7.11 Å². The first-order valence-electron chi connectivity index (χ1n) is 5.79. The fourth-order valence-corrected chi connectivity index (χ4v) is 2.51. The molecule has 0 bridgehead atoms. The van der Waals surface area contributed by atoms with Crippen LogP contribution in [0.4, 0.5) is 0 Å². The minimum atomic E-state index is -0.370. The van der Waals surface area contributed by atoms with Crippen molar-refractivity contribution in [3.63, 3.8) is 0 Å². The summed E-state index contributed by atoms with van der Waals surface area (Å²) in [6.07, 6.45) is 8.30. The van der Waals surface area contributed by atoms with Crippen LogP contribution in [0.5, 0.6) is 0 Å². The van der Waals surface area contributed by atoms with Gasteiger partial charge >= 0.3 is 5.97 Å². The van der Waals surface area contributed by atoms with Crippen molar-refractivity contribution in [2.24, 2.45) is 0 Å². The predicted octanol–water partition coefficient (Wildman–Crippen LogP) is 1.26. The number of rotatable bonds is 2. The molecule has 2 rings (SSSR count). The summed E-state index contributed by atoms with van der Waals surface area (Å²) in [5.74, 6) is -0.211. The maximum atomic E-state index is 11.8. The number of allylic oxidation sites excluding steroid dienone is 1. The Kier molecular flexibility index (Phi) is 3.27. The van der Waals surface area contributed by atoms with Crippen LogP contribution in [0.3, 0.4) is 0 Å². The Morgan fingerprint density at radius 1 is 1.50 bits per heavy atom. The van der Waals surface area contributed by atoms with E-state index in [1.165, 1.54) is 7.11 Å². The monoisotopic (exact) mass is 223 g/mol. The fraction of sp³-hybridized carbons (Fsp3) is 0.667. The summed E-state index contributed by atoms with van der Waals surface area (Å²) in [4.78, 5) is 25.1. The van der Waals surface area contributed by atoms with Crippen molar-refractivity contribution < 1.29 is 14.3 Å². The molecular weight excluding hydrogens is 206 g/mol. The number of nitrogens with zero attached hydrogens (tertiary/aromatic N) is 1. The number of amides is 1. The second kappa shape index (κ2) is 4.68. The van der Waals surface area contributed by atoms with E-state index >= 15 is 0 Å². The Labute approximate surface area is 95.2 Å². The predicted molar refractivity (Wildman–Crippen MR) is 58.7 cm³/mol. The van der Waals surface area contributed by atoms with Crippen molar-refractivity contribution in [3.05, 3.63) is 12.2 Å². The molecule has 1 aliphatic heterocycles. The molecular formula is C12H17NO3. The summed E-state index contributed by atoms with van der Waals surface area (Å²) in [5, 5.41) is 0. The summed E-state index contributed by atoms with van der Waals surface area (Å²) >= 11 is 0. The third-order valence-electron chi connectivity index (χ3n) is 3.31. The van der Waals surface area contributed by atoms with Gasteiger partial charge in [-0.1, -0.05) is 12.2 Å². The summed E-state index contributed by atoms with van der Waals surface area (Å²) in [7, 11) is 1.38. The Balaban J connectivity index is 2.15. The summed E-state index contributed by atoms with van der Waals surface area (Å²) in [6.45, 7) is 0. The van der Waals surface area contributed by atoms with E-state index in [-0.39, 0.29) is 24.0 Å². The second-order valence-electron chi connectivity index (χ2n) is 4.31. The number of likely N-dealkylation sites (tertiary alicyclic amines) is 1. The maximum Gasteiger partial charge on any atom is 0.328 e. The van der Waals surface area contributed by atoms with Crippen LogP contribution in [-0.2, 0) is 14.3 Å². The van der Waals surface area contributed by atoms with Crippen LogP contribution in [0.2, 0.25) is 0 Å². The SMILES string of the molecule is COC(=O)[C@@H]1CCC(=O)N1C1C=CCCC1. The second-order valence-corrected chi connectivity index (χ2v) is 4.31. The quantitative estimate of drug-likeness (QED) is 0.523. The van der Waals surface area contributed by atoms with Gasteiger partial charge in [0.15, 0.2) is 0 Å². The van der Waals surface area contributed by atoms with E-state index in [0.29, 0.717) is 12.8 Å². The highest BCUT2D eigenvalue weighted by molar-refractivity contribution is 5.88. The van der Waals surface area contributed by atoms with Crippen LogP contribution in [0, 0.1) is 0 Å². The first-order chi connectivity index (χ1) is 7.74. The summed E-state index contributed by atoms with van der Waals surface area (Å²) < 4.78 is 4.75. The molecule has 16 heavy (non-hydrogen) atoms. The van der Waals surface area contributed by atoms with Gasteiger partial charge in [-0.3, -0.25) is 4.79 Å². The Morgan fingerprint density at radius 3 is 2.94 bits per heavy atom. The van der Waals surface area contributed by atoms with E-state index in [4.69, 9.17) is 4.74 Å². The molecule has 2 atom stereocenters. The molecule has 88 valence electrons. The molecule has 1 saturated heterocycles. The highest BCUT2D eigenvalue weighted by atomic mass is 16.5. The Hall–Kier alpha value is -1.32. The van der Waals surface area contributed by atoms with Gasteiger partial charge in [0.05, 0.1) is 13.2 Å². The molecule has 1 unspecified atom stereocenters. The minimum Gasteiger partial charge on any atom is -0.467 e. The molecule has 0 N–H and O–H groups in total. The molecule has 1 heterocycles. The van der Waals surface area contributed by atoms with Crippen LogP contribution >= 0.6 is 0 Å². The Morgan fingerprint density at radius 2 is 2.31 bits per heavy atom. The largest absolute Gasteiger partial charge is 0.467 e. The van der Waals surface area contributed by atoms with Gasteiger partial charge in [0, 0.05) is 6.42 Å². The van der Waals surface area contributed by atoms with Gasteiger partial charge in [-0.2, -0.15) is 0 Å². The first kappa shape index (κ1) is 11.2. The molecule has 0 spiro atoms. The van der Waals surface area contributed by atoms with Gasteiger partial charge in [0.2, 0.25) is 5.91 Å². The van der Waals surface area contributed by atoms with Crippen molar-refractivity contribution in [1.82, 2.24) is 4.90 Å². The van der Waals surface area contributed by atoms with E-state index in [9.17, 15) is 9.59 Å². The molecule has 0 aromatic rings. The zero-order chi connectivity index (χ0) is 11.5. The third kappa shape index (κ3) is 1.96. The lowest BCUT2D eigenvalue weighted by molar-refractivity contribution is -0.150. The lowest BCUT2D eigenvalue weighted by atomic mass is 10.0. The van der Waals surface area contributed by atoms with Crippen LogP contribution in [0.1, 0.15) is 32.1 Å². The zero-order valence-corrected chi connectivity index (χ0v) is 9.52. The molecule has 2 aliphatic rings. The number of carbonyl (C=O) groups excluding carboxylic acids is 2. The van der Waals surface area contributed by atoms with E-state index in [0.717, 1.165) is 19.3 Å². The minimum absolute atomic E-state index is 0.0759. The molecule has 0 aromatic carbocycles. The van der Waals surface area contributed by atoms with E-state index < -0.39 is 0 Å². The average molecular weight is 223 g/mol. The van der Waals surface area contributed by atoms with Crippen LogP contribution in [0.15, 0.2) is 12.2 Å². The van der Waals surface area contributed by atoms with Gasteiger partial charge in [-0.25, -0.2) is 4.79 Å². The van der Waals surface area contributed by atoms with E-state index in [2.05, 4.69) is 6.08 Å². The number of esters is 1. The van der Waals surface area contributed by atoms with Gasteiger partial charge in [0.1, 0.15) is 6.04 Å². The summed E-state index contributed by atoms with van der Waals surface area (Å²) in [5.41, 5.74) is 0. The molecule has 1 amide bonds. The standard InChI is InChI=1S/C12H17NO3/c1-16-12(15)10-7-8-11(14)13(10)9-5-3-2-4-6-9/h3,5,9-10H,2,4,6-8H2,1H3/t9?,10-/m0/s1. The van der Waals surface area contributed by atoms with Crippen LogP contribution in [-0.4, -0.2) is 36.0 Å². The highest BCUT2D eigenvalue weighted by Crippen LogP contribution is 2.27. The Bertz CT molecular complexity index is 324. The van der Waals surface area contributed by atoms with Crippen LogP contribution in [0.25, 0.3) is 0 Å². The lowest BCUT2D eigenvalue weighted by Crippen LogP contribution is -2.45. The van der Waals surface area contributed by atoms with E-state index in [1.54, 1.807) is 4.90 Å². The van der Waals surface area contributed by atoms with Gasteiger partial charge in [-0.05, 0) is 25.7 Å². The number of hydrogen-bond donors (Lipinski definition) is 0. The molecule has 0 saturated carbocycles. The van der Waals surface area contributed by atoms with Gasteiger partial charge in [-0.15, -0.1) is 0 Å². The number of carbonyl (C=O) groups is 2. The summed E-state index contributed by atoms with van der Waals surface area (Å²) in [6, 6.07) is -0.280. The zero-order valence-electron chi connectivity index (χ0n) is 9.52. The topological polar surface area (TPSA) is 46.6 Å². The smallest absolute Gasteiger partial charge is 0.328 e. The normalized spacial score (nSPS) is 29.6. The van der Waals surface area contributed by atoms with Crippen molar-refractivity contribution in [3.8, 4) is 0 Å². The number of methoxy groups -OCH3 is 1. The average Bonchev–Trinajstić information content (AvgIpc) is 2.71. The third-order valence-corrected chi connectivity index (χ3v) is 3.31. The highest BCUT2D eigenvalue weighted by Gasteiger charge is 2.40. The van der Waals surface area contributed by atoms with Crippen LogP contribution < -0.4 is 0 Å². The molecule has 4 heteroatoms. The maximum absolute atomic E-state index is 11.8. The molecule has 0 radical (unpaired) electrons. The molecule has 0 aromatic heterocycles. The van der Waals surface area contributed by atoms with E-state index in [1.807, 2.05) is 6.08 Å². The number of ether oxygens (including phenoxy) is 1. The van der Waals surface area contributed by atoms with Crippen molar-refractivity contribution in [1.29, 1.82) is 0 Å². The van der Waals surface area contributed by atoms with Crippen molar-refractivity contribution >= 4 is 11.9 Å². The lowest BCUT2D eigenvalue weighted by Gasteiger charge is -2.31. The molecule has 4 nitrogen and oxygen atoms in total. The number of hydrogen-bond acceptors (Lipinski definition) is 3. The fourth-order valence-electron chi connectivity index (χ4n) is 2.51. The molecule has 1 aliphatic carbocycles. The van der Waals surface area contributed by atoms with Gasteiger partial charge in [0.25, 0.3) is 0 Å².